The van der Waals surface area contributed by atoms with Crippen LogP contribution in [-0.2, 0) is 16.1 Å². The lowest BCUT2D eigenvalue weighted by molar-refractivity contribution is -0.122. The van der Waals surface area contributed by atoms with Crippen molar-refractivity contribution in [1.29, 1.82) is 0 Å². The molecule has 1 heterocycles. The molecule has 1 fully saturated rings. The fourth-order valence-electron chi connectivity index (χ4n) is 2.82. The Labute approximate surface area is 184 Å². The average molecular weight is 448 g/mol. The Kier molecular flexibility index (Phi) is 7.84. The van der Waals surface area contributed by atoms with Crippen molar-refractivity contribution in [2.75, 3.05) is 26.9 Å². The number of halogens is 1. The molecule has 1 aliphatic rings. The van der Waals surface area contributed by atoms with Crippen molar-refractivity contribution in [3.8, 4) is 11.5 Å². The van der Waals surface area contributed by atoms with Crippen LogP contribution in [0.4, 0.5) is 4.39 Å². The number of rotatable bonds is 9. The van der Waals surface area contributed by atoms with Crippen LogP contribution in [0.25, 0.3) is 6.08 Å². The fourth-order valence-corrected chi connectivity index (χ4v) is 4.13. The van der Waals surface area contributed by atoms with Crippen LogP contribution in [0.3, 0.4) is 0 Å². The first-order valence-electron chi connectivity index (χ1n) is 9.40. The quantitative estimate of drug-likeness (QED) is 0.412. The minimum atomic E-state index is -0.306. The highest BCUT2D eigenvalue weighted by molar-refractivity contribution is 8.26. The molecule has 8 heteroatoms. The summed E-state index contributed by atoms with van der Waals surface area (Å²) in [6.45, 7) is 3.40. The summed E-state index contributed by atoms with van der Waals surface area (Å²) in [6.07, 6.45) is 1.78. The van der Waals surface area contributed by atoms with Gasteiger partial charge < -0.3 is 14.2 Å². The molecule has 0 aromatic heterocycles. The summed E-state index contributed by atoms with van der Waals surface area (Å²) >= 11 is 6.57. The first-order valence-corrected chi connectivity index (χ1v) is 10.6. The second-order valence-electron chi connectivity index (χ2n) is 6.38. The summed E-state index contributed by atoms with van der Waals surface area (Å²) in [7, 11) is 1.58. The molecule has 158 valence electrons. The first-order chi connectivity index (χ1) is 14.5. The van der Waals surface area contributed by atoms with E-state index in [1.165, 1.54) is 28.8 Å². The molecule has 1 aliphatic heterocycles. The maximum atomic E-state index is 13.4. The summed E-state index contributed by atoms with van der Waals surface area (Å²) in [5.74, 6) is 0.661. The van der Waals surface area contributed by atoms with Crippen LogP contribution in [0.1, 0.15) is 18.1 Å². The van der Waals surface area contributed by atoms with E-state index in [1.807, 2.05) is 19.1 Å². The molecule has 0 N–H and O–H groups in total. The Morgan fingerprint density at radius 3 is 2.73 bits per heavy atom. The van der Waals surface area contributed by atoms with Gasteiger partial charge in [0.15, 0.2) is 11.5 Å². The number of hydrogen-bond acceptors (Lipinski definition) is 6. The Hall–Kier alpha value is -2.42. The predicted octanol–water partition coefficient (Wildman–Crippen LogP) is 4.65. The van der Waals surface area contributed by atoms with Crippen molar-refractivity contribution < 1.29 is 23.4 Å². The minimum Gasteiger partial charge on any atom is -0.490 e. The monoisotopic (exact) mass is 447 g/mol. The van der Waals surface area contributed by atoms with Gasteiger partial charge in [-0.05, 0) is 48.4 Å². The van der Waals surface area contributed by atoms with E-state index < -0.39 is 0 Å². The molecule has 2 aromatic rings. The molecule has 0 spiro atoms. The van der Waals surface area contributed by atoms with Crippen LogP contribution >= 0.6 is 24.0 Å². The lowest BCUT2D eigenvalue weighted by atomic mass is 10.1. The third-order valence-corrected chi connectivity index (χ3v) is 5.62. The second kappa shape index (κ2) is 10.6. The molecule has 0 atom stereocenters. The Morgan fingerprint density at radius 1 is 1.17 bits per heavy atom. The fraction of sp³-hybridized carbons (Fsp3) is 0.273. The third-order valence-electron chi connectivity index (χ3n) is 4.24. The Balaban J connectivity index is 1.76. The number of carbonyl (C=O) groups excluding carboxylic acids is 1. The number of thioether (sulfide) groups is 1. The van der Waals surface area contributed by atoms with Gasteiger partial charge in [-0.1, -0.05) is 42.2 Å². The van der Waals surface area contributed by atoms with Gasteiger partial charge in [-0.15, -0.1) is 0 Å². The number of benzene rings is 2. The van der Waals surface area contributed by atoms with E-state index in [9.17, 15) is 9.18 Å². The van der Waals surface area contributed by atoms with E-state index in [4.69, 9.17) is 26.4 Å². The molecule has 3 rings (SSSR count). The SMILES string of the molecule is CCOc1cc(/C=C2\SC(=S)N(CCOC)C2=O)ccc1OCc1cccc(F)c1. The van der Waals surface area contributed by atoms with Crippen molar-refractivity contribution >= 4 is 40.3 Å². The van der Waals surface area contributed by atoms with Crippen LogP contribution in [0.2, 0.25) is 0 Å². The van der Waals surface area contributed by atoms with Gasteiger partial charge in [0.2, 0.25) is 0 Å². The Morgan fingerprint density at radius 2 is 2.00 bits per heavy atom. The van der Waals surface area contributed by atoms with Crippen LogP contribution < -0.4 is 9.47 Å². The van der Waals surface area contributed by atoms with Crippen LogP contribution in [0.15, 0.2) is 47.4 Å². The molecule has 2 aromatic carbocycles. The molecular formula is C22H22FNO4S2. The van der Waals surface area contributed by atoms with Gasteiger partial charge in [-0.2, -0.15) is 0 Å². The molecule has 1 amide bonds. The van der Waals surface area contributed by atoms with Gasteiger partial charge in [0.1, 0.15) is 16.7 Å². The van der Waals surface area contributed by atoms with Crippen molar-refractivity contribution in [3.63, 3.8) is 0 Å². The van der Waals surface area contributed by atoms with Crippen molar-refractivity contribution in [3.05, 3.63) is 64.3 Å². The van der Waals surface area contributed by atoms with E-state index in [2.05, 4.69) is 0 Å². The summed E-state index contributed by atoms with van der Waals surface area (Å²) < 4.78 is 30.4. The zero-order chi connectivity index (χ0) is 21.5. The number of ether oxygens (including phenoxy) is 3. The summed E-state index contributed by atoms with van der Waals surface area (Å²) in [4.78, 5) is 14.7. The van der Waals surface area contributed by atoms with Gasteiger partial charge in [-0.25, -0.2) is 4.39 Å². The van der Waals surface area contributed by atoms with E-state index in [1.54, 1.807) is 31.4 Å². The van der Waals surface area contributed by atoms with Gasteiger partial charge in [0.25, 0.3) is 5.91 Å². The highest BCUT2D eigenvalue weighted by Crippen LogP contribution is 2.35. The molecule has 1 saturated heterocycles. The standard InChI is InChI=1S/C22H22FNO4S2/c1-3-27-19-12-15(13-20-21(25)24(9-10-26-2)22(29)30-20)7-8-18(19)28-14-16-5-4-6-17(23)11-16/h4-8,11-13H,3,9-10,14H2,1-2H3/b20-13-. The number of hydrogen-bond donors (Lipinski definition) is 0. The topological polar surface area (TPSA) is 48.0 Å². The smallest absolute Gasteiger partial charge is 0.266 e. The van der Waals surface area contributed by atoms with E-state index in [0.717, 1.165) is 11.1 Å². The largest absolute Gasteiger partial charge is 0.490 e. The van der Waals surface area contributed by atoms with Crippen LogP contribution in [-0.4, -0.2) is 42.0 Å². The molecule has 0 bridgehead atoms. The predicted molar refractivity (Wildman–Crippen MR) is 120 cm³/mol. The van der Waals surface area contributed by atoms with Crippen LogP contribution in [0.5, 0.6) is 11.5 Å². The van der Waals surface area contributed by atoms with E-state index in [0.29, 0.717) is 40.5 Å². The van der Waals surface area contributed by atoms with E-state index in [-0.39, 0.29) is 18.3 Å². The molecule has 30 heavy (non-hydrogen) atoms. The molecule has 0 aliphatic carbocycles. The van der Waals surface area contributed by atoms with Crippen molar-refractivity contribution in [2.24, 2.45) is 0 Å². The average Bonchev–Trinajstić information content (AvgIpc) is 2.99. The van der Waals surface area contributed by atoms with Crippen LogP contribution in [0, 0.1) is 5.82 Å². The lowest BCUT2D eigenvalue weighted by Crippen LogP contribution is -2.31. The summed E-state index contributed by atoms with van der Waals surface area (Å²) in [5.41, 5.74) is 1.52. The number of nitrogens with zero attached hydrogens (tertiary/aromatic N) is 1. The maximum Gasteiger partial charge on any atom is 0.266 e. The number of carbonyl (C=O) groups is 1. The van der Waals surface area contributed by atoms with E-state index >= 15 is 0 Å². The minimum absolute atomic E-state index is 0.133. The first kappa shape index (κ1) is 22.3. The summed E-state index contributed by atoms with van der Waals surface area (Å²) in [6, 6.07) is 11.7. The van der Waals surface area contributed by atoms with Gasteiger partial charge in [0, 0.05) is 7.11 Å². The maximum absolute atomic E-state index is 13.4. The lowest BCUT2D eigenvalue weighted by Gasteiger charge is -2.13. The zero-order valence-corrected chi connectivity index (χ0v) is 18.4. The molecule has 5 nitrogen and oxygen atoms in total. The number of amides is 1. The molecule has 0 unspecified atom stereocenters. The zero-order valence-electron chi connectivity index (χ0n) is 16.7. The number of methoxy groups -OCH3 is 1. The molecule has 0 saturated carbocycles. The number of thiocarbonyl (C=S) groups is 1. The molecule has 0 radical (unpaired) electrons. The van der Waals surface area contributed by atoms with Gasteiger partial charge in [0.05, 0.1) is 24.7 Å². The Bertz CT molecular complexity index is 964. The summed E-state index contributed by atoms with van der Waals surface area (Å²) in [5, 5.41) is 0. The third kappa shape index (κ3) is 5.59. The highest BCUT2D eigenvalue weighted by atomic mass is 32.2. The normalized spacial score (nSPS) is 15.2. The van der Waals surface area contributed by atoms with Gasteiger partial charge in [-0.3, -0.25) is 9.69 Å². The highest BCUT2D eigenvalue weighted by Gasteiger charge is 2.31. The van der Waals surface area contributed by atoms with Crippen molar-refractivity contribution in [1.82, 2.24) is 4.90 Å². The molecular weight excluding hydrogens is 425 g/mol. The van der Waals surface area contributed by atoms with Crippen molar-refractivity contribution in [2.45, 2.75) is 13.5 Å². The van der Waals surface area contributed by atoms with Gasteiger partial charge >= 0.3 is 0 Å². The second-order valence-corrected chi connectivity index (χ2v) is 8.06.